The molecule has 28 heavy (non-hydrogen) atoms. The standard InChI is InChI=1S/C21H27N3O3S/c1-27-19-9-3-2-7-17(19)14-23(15-18-8-6-12-28-18)16-20(25)22-13-21(26)24-10-4-5-11-24/h2-3,6-9,12H,4-5,10-11,13-16H2,1H3,(H,22,25). The predicted octanol–water partition coefficient (Wildman–Crippen LogP) is 2.50. The second-order valence-electron chi connectivity index (χ2n) is 6.90. The predicted molar refractivity (Wildman–Crippen MR) is 110 cm³/mol. The van der Waals surface area contributed by atoms with Crippen molar-refractivity contribution in [1.29, 1.82) is 0 Å². The van der Waals surface area contributed by atoms with Crippen LogP contribution in [-0.4, -0.2) is 54.9 Å². The van der Waals surface area contributed by atoms with Crippen molar-refractivity contribution in [2.75, 3.05) is 33.3 Å². The van der Waals surface area contributed by atoms with Crippen molar-refractivity contribution < 1.29 is 14.3 Å². The number of nitrogens with one attached hydrogen (secondary N) is 1. The number of rotatable bonds is 9. The summed E-state index contributed by atoms with van der Waals surface area (Å²) in [6, 6.07) is 11.9. The number of nitrogens with zero attached hydrogens (tertiary/aromatic N) is 2. The molecule has 2 amide bonds. The van der Waals surface area contributed by atoms with Crippen LogP contribution in [0.2, 0.25) is 0 Å². The topological polar surface area (TPSA) is 61.9 Å². The van der Waals surface area contributed by atoms with Gasteiger partial charge < -0.3 is 15.0 Å². The molecule has 1 saturated heterocycles. The third kappa shape index (κ3) is 5.81. The summed E-state index contributed by atoms with van der Waals surface area (Å²) in [7, 11) is 1.65. The molecule has 0 atom stereocenters. The minimum absolute atomic E-state index is 0.000357. The zero-order valence-corrected chi connectivity index (χ0v) is 17.0. The summed E-state index contributed by atoms with van der Waals surface area (Å²) in [5, 5.41) is 4.82. The Bertz CT molecular complexity index is 773. The second-order valence-corrected chi connectivity index (χ2v) is 7.93. The van der Waals surface area contributed by atoms with Gasteiger partial charge in [0.25, 0.3) is 0 Å². The van der Waals surface area contributed by atoms with Crippen LogP contribution in [0.1, 0.15) is 23.3 Å². The molecular formula is C21H27N3O3S. The third-order valence-corrected chi connectivity index (χ3v) is 5.67. The first kappa shape index (κ1) is 20.4. The number of para-hydroxylation sites is 1. The Morgan fingerprint density at radius 3 is 2.64 bits per heavy atom. The van der Waals surface area contributed by atoms with Gasteiger partial charge in [-0.2, -0.15) is 0 Å². The molecule has 0 spiro atoms. The summed E-state index contributed by atoms with van der Waals surface area (Å²) in [4.78, 5) is 29.7. The molecule has 7 heteroatoms. The van der Waals surface area contributed by atoms with E-state index in [4.69, 9.17) is 4.74 Å². The second kappa shape index (κ2) is 10.2. The fraction of sp³-hybridized carbons (Fsp3) is 0.429. The lowest BCUT2D eigenvalue weighted by atomic mass is 10.2. The van der Waals surface area contributed by atoms with Gasteiger partial charge in [-0.1, -0.05) is 24.3 Å². The average Bonchev–Trinajstić information content (AvgIpc) is 3.40. The highest BCUT2D eigenvalue weighted by Crippen LogP contribution is 2.21. The smallest absolute Gasteiger partial charge is 0.241 e. The number of likely N-dealkylation sites (tertiary alicyclic amines) is 1. The Morgan fingerprint density at radius 2 is 1.93 bits per heavy atom. The molecule has 1 aliphatic rings. The quantitative estimate of drug-likeness (QED) is 0.701. The van der Waals surface area contributed by atoms with Crippen molar-refractivity contribution in [2.45, 2.75) is 25.9 Å². The number of carbonyl (C=O) groups excluding carboxylic acids is 2. The number of hydrogen-bond acceptors (Lipinski definition) is 5. The summed E-state index contributed by atoms with van der Waals surface area (Å²) >= 11 is 1.67. The van der Waals surface area contributed by atoms with Crippen molar-refractivity contribution in [2.24, 2.45) is 0 Å². The van der Waals surface area contributed by atoms with Crippen LogP contribution in [0, 0.1) is 0 Å². The van der Waals surface area contributed by atoms with Crippen molar-refractivity contribution >= 4 is 23.2 Å². The molecule has 3 rings (SSSR count). The summed E-state index contributed by atoms with van der Waals surface area (Å²) in [6.45, 7) is 3.15. The molecule has 1 fully saturated rings. The third-order valence-electron chi connectivity index (χ3n) is 4.81. The molecular weight excluding hydrogens is 374 g/mol. The molecule has 6 nitrogen and oxygen atoms in total. The first-order valence-corrected chi connectivity index (χ1v) is 10.4. The highest BCUT2D eigenvalue weighted by Gasteiger charge is 2.19. The van der Waals surface area contributed by atoms with Gasteiger partial charge in [0, 0.05) is 36.6 Å². The number of ether oxygens (including phenoxy) is 1. The van der Waals surface area contributed by atoms with E-state index in [2.05, 4.69) is 16.3 Å². The Balaban J connectivity index is 1.59. The summed E-state index contributed by atoms with van der Waals surface area (Å²) in [5.74, 6) is 0.669. The van der Waals surface area contributed by atoms with Crippen LogP contribution < -0.4 is 10.1 Å². The van der Waals surface area contributed by atoms with Crippen LogP contribution >= 0.6 is 11.3 Å². The minimum Gasteiger partial charge on any atom is -0.496 e. The van der Waals surface area contributed by atoms with Gasteiger partial charge in [-0.15, -0.1) is 11.3 Å². The molecule has 0 radical (unpaired) electrons. The molecule has 1 N–H and O–H groups in total. The molecule has 150 valence electrons. The van der Waals surface area contributed by atoms with E-state index in [0.717, 1.165) is 37.2 Å². The molecule has 2 aromatic rings. The fourth-order valence-corrected chi connectivity index (χ4v) is 4.12. The van der Waals surface area contributed by atoms with Gasteiger partial charge in [0.05, 0.1) is 20.2 Å². The highest BCUT2D eigenvalue weighted by atomic mass is 32.1. The molecule has 0 aliphatic carbocycles. The largest absolute Gasteiger partial charge is 0.496 e. The van der Waals surface area contributed by atoms with Crippen molar-refractivity contribution in [3.8, 4) is 5.75 Å². The first-order valence-electron chi connectivity index (χ1n) is 9.57. The Kier molecular flexibility index (Phi) is 7.45. The Hall–Kier alpha value is -2.38. The van der Waals surface area contributed by atoms with Crippen LogP contribution in [0.3, 0.4) is 0 Å². The van der Waals surface area contributed by atoms with Crippen LogP contribution in [0.4, 0.5) is 0 Å². The number of carbonyl (C=O) groups is 2. The van der Waals surface area contributed by atoms with E-state index in [1.54, 1.807) is 18.4 Å². The summed E-state index contributed by atoms with van der Waals surface area (Å²) in [6.07, 6.45) is 2.10. The van der Waals surface area contributed by atoms with E-state index in [0.29, 0.717) is 13.1 Å². The zero-order valence-electron chi connectivity index (χ0n) is 16.2. The van der Waals surface area contributed by atoms with E-state index in [1.165, 1.54) is 4.88 Å². The van der Waals surface area contributed by atoms with Gasteiger partial charge in [0.2, 0.25) is 11.8 Å². The van der Waals surface area contributed by atoms with Gasteiger partial charge in [-0.3, -0.25) is 14.5 Å². The van der Waals surface area contributed by atoms with Crippen LogP contribution in [0.15, 0.2) is 41.8 Å². The van der Waals surface area contributed by atoms with E-state index >= 15 is 0 Å². The summed E-state index contributed by atoms with van der Waals surface area (Å²) in [5.41, 5.74) is 1.03. The normalized spacial score (nSPS) is 13.7. The maximum Gasteiger partial charge on any atom is 0.241 e. The lowest BCUT2D eigenvalue weighted by molar-refractivity contribution is -0.132. The van der Waals surface area contributed by atoms with Crippen molar-refractivity contribution in [3.63, 3.8) is 0 Å². The molecule has 0 saturated carbocycles. The lowest BCUT2D eigenvalue weighted by Crippen LogP contribution is -2.42. The zero-order chi connectivity index (χ0) is 19.8. The molecule has 1 aliphatic heterocycles. The number of benzene rings is 1. The van der Waals surface area contributed by atoms with Crippen molar-refractivity contribution in [1.82, 2.24) is 15.1 Å². The van der Waals surface area contributed by atoms with Crippen LogP contribution in [0.5, 0.6) is 5.75 Å². The van der Waals surface area contributed by atoms with Gasteiger partial charge in [-0.25, -0.2) is 0 Å². The Labute approximate surface area is 170 Å². The van der Waals surface area contributed by atoms with Crippen molar-refractivity contribution in [3.05, 3.63) is 52.2 Å². The van der Waals surface area contributed by atoms with E-state index in [9.17, 15) is 9.59 Å². The van der Waals surface area contributed by atoms with E-state index in [1.807, 2.05) is 40.6 Å². The molecule has 1 aromatic heterocycles. The molecule has 0 unspecified atom stereocenters. The maximum atomic E-state index is 12.5. The maximum absolute atomic E-state index is 12.5. The number of thiophene rings is 1. The van der Waals surface area contributed by atoms with Gasteiger partial charge >= 0.3 is 0 Å². The van der Waals surface area contributed by atoms with Crippen LogP contribution in [-0.2, 0) is 22.7 Å². The monoisotopic (exact) mass is 401 g/mol. The number of hydrogen-bond donors (Lipinski definition) is 1. The summed E-state index contributed by atoms with van der Waals surface area (Å²) < 4.78 is 5.45. The molecule has 2 heterocycles. The Morgan fingerprint density at radius 1 is 1.14 bits per heavy atom. The number of methoxy groups -OCH3 is 1. The molecule has 1 aromatic carbocycles. The van der Waals surface area contributed by atoms with E-state index < -0.39 is 0 Å². The lowest BCUT2D eigenvalue weighted by Gasteiger charge is -2.23. The molecule has 0 bridgehead atoms. The SMILES string of the molecule is COc1ccccc1CN(CC(=O)NCC(=O)N1CCCC1)Cc1cccs1. The number of amides is 2. The first-order chi connectivity index (χ1) is 13.7. The van der Waals surface area contributed by atoms with Gasteiger partial charge in [0.15, 0.2) is 0 Å². The van der Waals surface area contributed by atoms with Gasteiger partial charge in [0.1, 0.15) is 5.75 Å². The average molecular weight is 402 g/mol. The fourth-order valence-electron chi connectivity index (χ4n) is 3.38. The van der Waals surface area contributed by atoms with Gasteiger partial charge in [-0.05, 0) is 30.4 Å². The van der Waals surface area contributed by atoms with Crippen LogP contribution in [0.25, 0.3) is 0 Å². The minimum atomic E-state index is -0.140. The van der Waals surface area contributed by atoms with E-state index in [-0.39, 0.29) is 24.9 Å². The highest BCUT2D eigenvalue weighted by molar-refractivity contribution is 7.09.